The minimum Gasteiger partial charge on any atom is -0.436 e. The molecule has 2 aromatic rings. The predicted molar refractivity (Wildman–Crippen MR) is 76.3 cm³/mol. The van der Waals surface area contributed by atoms with Gasteiger partial charge in [-0.3, -0.25) is 0 Å². The number of nitrogen functional groups attached to an aromatic ring is 1. The lowest BCUT2D eigenvalue weighted by Crippen LogP contribution is -2.01. The zero-order chi connectivity index (χ0) is 13.3. The topological polar surface area (TPSA) is 53.1 Å². The third-order valence-corrected chi connectivity index (χ3v) is 3.31. The van der Waals surface area contributed by atoms with E-state index in [1.54, 1.807) is 16.8 Å². The number of aryl methyl sites for hydroxylation is 2. The Labute approximate surface area is 119 Å². The van der Waals surface area contributed by atoms with E-state index in [0.717, 1.165) is 10.2 Å². The third-order valence-electron chi connectivity index (χ3n) is 2.53. The van der Waals surface area contributed by atoms with Gasteiger partial charge < -0.3 is 10.5 Å². The molecule has 96 valence electrons. The van der Waals surface area contributed by atoms with Crippen LogP contribution in [0.1, 0.15) is 12.6 Å². The lowest BCUT2D eigenvalue weighted by Gasteiger charge is -2.09. The number of benzene rings is 1. The second kappa shape index (κ2) is 5.20. The Bertz CT molecular complexity index is 583. The maximum Gasteiger partial charge on any atom is 0.241 e. The van der Waals surface area contributed by atoms with Crippen LogP contribution in [0.2, 0.25) is 5.02 Å². The van der Waals surface area contributed by atoms with Gasteiger partial charge in [0.15, 0.2) is 0 Å². The fraction of sp³-hybridized carbons (Fsp3) is 0.250. The van der Waals surface area contributed by atoms with Crippen LogP contribution in [0.25, 0.3) is 0 Å². The van der Waals surface area contributed by atoms with Crippen LogP contribution in [0.4, 0.5) is 5.69 Å². The van der Waals surface area contributed by atoms with E-state index in [2.05, 4.69) is 21.0 Å². The van der Waals surface area contributed by atoms with Gasteiger partial charge in [0.1, 0.15) is 11.4 Å². The lowest BCUT2D eigenvalue weighted by molar-refractivity contribution is 0.418. The quantitative estimate of drug-likeness (QED) is 0.925. The predicted octanol–water partition coefficient (Wildman–Crippen LogP) is 4.00. The van der Waals surface area contributed by atoms with Gasteiger partial charge in [-0.25, -0.2) is 4.68 Å². The highest BCUT2D eigenvalue weighted by atomic mass is 79.9. The van der Waals surface area contributed by atoms with Crippen LogP contribution in [-0.4, -0.2) is 9.78 Å². The van der Waals surface area contributed by atoms with Gasteiger partial charge in [0.2, 0.25) is 5.88 Å². The molecule has 4 nitrogen and oxygen atoms in total. The first-order valence-electron chi connectivity index (χ1n) is 5.48. The van der Waals surface area contributed by atoms with E-state index in [4.69, 9.17) is 22.1 Å². The highest BCUT2D eigenvalue weighted by molar-refractivity contribution is 9.10. The number of rotatable bonds is 3. The SMILES string of the molecule is CCn1nc(C)c(N)c1Oc1ccc(Br)cc1Cl. The van der Waals surface area contributed by atoms with Crippen molar-refractivity contribution < 1.29 is 4.74 Å². The van der Waals surface area contributed by atoms with E-state index in [9.17, 15) is 0 Å². The fourth-order valence-corrected chi connectivity index (χ4v) is 2.27. The summed E-state index contributed by atoms with van der Waals surface area (Å²) in [7, 11) is 0. The summed E-state index contributed by atoms with van der Waals surface area (Å²) in [6, 6.07) is 5.41. The van der Waals surface area contributed by atoms with Crippen molar-refractivity contribution in [1.29, 1.82) is 0 Å². The van der Waals surface area contributed by atoms with Crippen LogP contribution in [-0.2, 0) is 6.54 Å². The molecule has 0 aliphatic carbocycles. The van der Waals surface area contributed by atoms with Crippen LogP contribution < -0.4 is 10.5 Å². The van der Waals surface area contributed by atoms with E-state index in [1.165, 1.54) is 0 Å². The largest absolute Gasteiger partial charge is 0.436 e. The third kappa shape index (κ3) is 2.47. The van der Waals surface area contributed by atoms with Gasteiger partial charge >= 0.3 is 0 Å². The van der Waals surface area contributed by atoms with Crippen LogP contribution in [0.5, 0.6) is 11.6 Å². The highest BCUT2D eigenvalue weighted by Crippen LogP contribution is 2.35. The molecule has 0 spiro atoms. The van der Waals surface area contributed by atoms with E-state index < -0.39 is 0 Å². The normalized spacial score (nSPS) is 10.7. The Morgan fingerprint density at radius 3 is 2.83 bits per heavy atom. The molecule has 18 heavy (non-hydrogen) atoms. The second-order valence-electron chi connectivity index (χ2n) is 3.80. The summed E-state index contributed by atoms with van der Waals surface area (Å²) in [6.45, 7) is 4.50. The number of aromatic nitrogens is 2. The summed E-state index contributed by atoms with van der Waals surface area (Å²) in [5.74, 6) is 1.08. The summed E-state index contributed by atoms with van der Waals surface area (Å²) in [4.78, 5) is 0. The first-order valence-corrected chi connectivity index (χ1v) is 6.65. The molecule has 0 atom stereocenters. The van der Waals surface area contributed by atoms with Gasteiger partial charge in [-0.15, -0.1) is 0 Å². The molecule has 0 aliphatic heterocycles. The number of hydrogen-bond acceptors (Lipinski definition) is 3. The molecule has 0 saturated heterocycles. The van der Waals surface area contributed by atoms with Crippen LogP contribution >= 0.6 is 27.5 Å². The lowest BCUT2D eigenvalue weighted by atomic mass is 10.3. The molecule has 2 N–H and O–H groups in total. The van der Waals surface area contributed by atoms with Crippen molar-refractivity contribution in [2.24, 2.45) is 0 Å². The monoisotopic (exact) mass is 329 g/mol. The molecule has 1 heterocycles. The van der Waals surface area contributed by atoms with Crippen molar-refractivity contribution in [3.63, 3.8) is 0 Å². The Kier molecular flexibility index (Phi) is 3.82. The molecule has 0 fully saturated rings. The van der Waals surface area contributed by atoms with E-state index in [1.807, 2.05) is 19.9 Å². The van der Waals surface area contributed by atoms with Crippen LogP contribution in [0, 0.1) is 6.92 Å². The zero-order valence-corrected chi connectivity index (χ0v) is 12.4. The van der Waals surface area contributed by atoms with Gasteiger partial charge in [0.25, 0.3) is 0 Å². The summed E-state index contributed by atoms with van der Waals surface area (Å²) >= 11 is 9.45. The summed E-state index contributed by atoms with van der Waals surface area (Å²) in [5, 5.41) is 4.81. The summed E-state index contributed by atoms with van der Waals surface area (Å²) in [5.41, 5.74) is 7.23. The summed E-state index contributed by atoms with van der Waals surface area (Å²) in [6.07, 6.45) is 0. The first-order chi connectivity index (χ1) is 8.52. The number of nitrogens with zero attached hydrogens (tertiary/aromatic N) is 2. The van der Waals surface area contributed by atoms with Crippen molar-refractivity contribution in [3.05, 3.63) is 33.4 Å². The van der Waals surface area contributed by atoms with Crippen LogP contribution in [0.3, 0.4) is 0 Å². The fourth-order valence-electron chi connectivity index (χ4n) is 1.56. The molecule has 6 heteroatoms. The van der Waals surface area contributed by atoms with Gasteiger partial charge in [0.05, 0.1) is 10.7 Å². The Balaban J connectivity index is 2.39. The maximum atomic E-state index is 6.11. The summed E-state index contributed by atoms with van der Waals surface area (Å²) < 4.78 is 8.37. The molecule has 0 amide bonds. The Morgan fingerprint density at radius 1 is 1.50 bits per heavy atom. The number of anilines is 1. The van der Waals surface area contributed by atoms with Crippen molar-refractivity contribution in [2.45, 2.75) is 20.4 Å². The molecule has 0 saturated carbocycles. The average Bonchev–Trinajstić information content (AvgIpc) is 2.60. The molecule has 1 aromatic carbocycles. The van der Waals surface area contributed by atoms with Gasteiger partial charge in [-0.1, -0.05) is 27.5 Å². The number of ether oxygens (including phenoxy) is 1. The maximum absolute atomic E-state index is 6.11. The van der Waals surface area contributed by atoms with Crippen LogP contribution in [0.15, 0.2) is 22.7 Å². The molecule has 2 rings (SSSR count). The average molecular weight is 331 g/mol. The zero-order valence-electron chi connectivity index (χ0n) is 10.1. The molecule has 1 aromatic heterocycles. The molecule has 0 radical (unpaired) electrons. The first kappa shape index (κ1) is 13.2. The van der Waals surface area contributed by atoms with E-state index in [-0.39, 0.29) is 0 Å². The number of halogens is 2. The molecule has 0 unspecified atom stereocenters. The Hall–Kier alpha value is -1.20. The minimum absolute atomic E-state index is 0.519. The number of nitrogens with two attached hydrogens (primary N) is 1. The standard InChI is InChI=1S/C12H13BrClN3O/c1-3-17-12(11(15)7(2)16-17)18-10-5-4-8(13)6-9(10)14/h4-6H,3,15H2,1-2H3. The van der Waals surface area contributed by atoms with E-state index in [0.29, 0.717) is 28.9 Å². The number of hydrogen-bond donors (Lipinski definition) is 1. The highest BCUT2D eigenvalue weighted by Gasteiger charge is 2.15. The van der Waals surface area contributed by atoms with Crippen molar-refractivity contribution in [3.8, 4) is 11.6 Å². The van der Waals surface area contributed by atoms with Crippen molar-refractivity contribution in [1.82, 2.24) is 9.78 Å². The molecular weight excluding hydrogens is 318 g/mol. The van der Waals surface area contributed by atoms with Gasteiger partial charge in [0, 0.05) is 11.0 Å². The molecular formula is C12H13BrClN3O. The molecule has 0 aliphatic rings. The van der Waals surface area contributed by atoms with Crippen molar-refractivity contribution >= 4 is 33.2 Å². The second-order valence-corrected chi connectivity index (χ2v) is 5.12. The minimum atomic E-state index is 0.519. The smallest absolute Gasteiger partial charge is 0.241 e. The Morgan fingerprint density at radius 2 is 2.22 bits per heavy atom. The van der Waals surface area contributed by atoms with Gasteiger partial charge in [-0.2, -0.15) is 5.10 Å². The van der Waals surface area contributed by atoms with E-state index >= 15 is 0 Å². The van der Waals surface area contributed by atoms with Crippen molar-refractivity contribution in [2.75, 3.05) is 5.73 Å². The molecule has 0 bridgehead atoms. The van der Waals surface area contributed by atoms with Gasteiger partial charge in [-0.05, 0) is 32.0 Å².